The van der Waals surface area contributed by atoms with Gasteiger partial charge in [0.1, 0.15) is 30.3 Å². The second-order valence-corrected chi connectivity index (χ2v) is 9.78. The van der Waals surface area contributed by atoms with Crippen LogP contribution in [0.2, 0.25) is 0 Å². The molecule has 0 aliphatic carbocycles. The number of nitrogens with one attached hydrogen (secondary N) is 1. The number of nitrogens with zero attached hydrogens (tertiary/aromatic N) is 5. The Labute approximate surface area is 229 Å². The predicted molar refractivity (Wildman–Crippen MR) is 154 cm³/mol. The quantitative estimate of drug-likeness (QED) is 0.331. The maximum Gasteiger partial charge on any atom is 0.219 e. The van der Waals surface area contributed by atoms with Crippen molar-refractivity contribution in [2.75, 3.05) is 42.9 Å². The maximum atomic E-state index is 11.6. The van der Waals surface area contributed by atoms with E-state index in [9.17, 15) is 4.79 Å². The van der Waals surface area contributed by atoms with Crippen LogP contribution in [0.4, 0.5) is 11.6 Å². The van der Waals surface area contributed by atoms with Gasteiger partial charge in [-0.25, -0.2) is 15.0 Å². The fourth-order valence-corrected chi connectivity index (χ4v) is 4.71. The number of carbonyl (C=O) groups excluding carboxylic acids is 1. The summed E-state index contributed by atoms with van der Waals surface area (Å²) >= 11 is 0. The number of anilines is 2. The fraction of sp³-hybridized carbons (Fsp3) is 0.290. The van der Waals surface area contributed by atoms with E-state index in [0.717, 1.165) is 65.9 Å². The maximum absolute atomic E-state index is 11.6. The molecule has 200 valence electrons. The second kappa shape index (κ2) is 12.4. The van der Waals surface area contributed by atoms with E-state index in [-0.39, 0.29) is 11.8 Å². The van der Waals surface area contributed by atoms with Gasteiger partial charge in [0.05, 0.1) is 5.69 Å². The lowest BCUT2D eigenvalue weighted by Gasteiger charge is -2.34. The van der Waals surface area contributed by atoms with Crippen molar-refractivity contribution in [3.05, 3.63) is 96.4 Å². The molecule has 1 saturated heterocycles. The first-order valence-corrected chi connectivity index (χ1v) is 13.4. The third kappa shape index (κ3) is 6.71. The molecule has 0 spiro atoms. The van der Waals surface area contributed by atoms with Crippen molar-refractivity contribution >= 4 is 17.5 Å². The molecule has 8 heteroatoms. The highest BCUT2D eigenvalue weighted by Gasteiger charge is 2.19. The van der Waals surface area contributed by atoms with Crippen molar-refractivity contribution in [1.82, 2.24) is 19.9 Å². The summed E-state index contributed by atoms with van der Waals surface area (Å²) in [5.41, 5.74) is 4.04. The summed E-state index contributed by atoms with van der Waals surface area (Å²) in [5, 5.41) is 3.46. The molecule has 1 N–H and O–H groups in total. The third-order valence-electron chi connectivity index (χ3n) is 7.04. The lowest BCUT2D eigenvalue weighted by Crippen LogP contribution is -2.48. The van der Waals surface area contributed by atoms with Gasteiger partial charge < -0.3 is 19.9 Å². The average molecular weight is 523 g/mol. The number of rotatable bonds is 9. The molecule has 0 saturated carbocycles. The zero-order chi connectivity index (χ0) is 27.0. The van der Waals surface area contributed by atoms with E-state index in [2.05, 4.69) is 50.3 Å². The predicted octanol–water partition coefficient (Wildman–Crippen LogP) is 5.00. The highest BCUT2D eigenvalue weighted by atomic mass is 16.5. The molecule has 1 fully saturated rings. The van der Waals surface area contributed by atoms with E-state index in [0.29, 0.717) is 13.2 Å². The molecule has 1 unspecified atom stereocenters. The van der Waals surface area contributed by atoms with Crippen LogP contribution in [-0.2, 0) is 11.4 Å². The Hall–Kier alpha value is -4.46. The Balaban J connectivity index is 1.19. The summed E-state index contributed by atoms with van der Waals surface area (Å²) in [5.74, 6) is 2.91. The number of piperazine rings is 1. The number of aromatic nitrogens is 3. The molecule has 3 heterocycles. The van der Waals surface area contributed by atoms with Crippen LogP contribution in [-0.4, -0.2) is 58.5 Å². The Morgan fingerprint density at radius 2 is 1.72 bits per heavy atom. The third-order valence-corrected chi connectivity index (χ3v) is 7.04. The normalized spacial score (nSPS) is 14.1. The van der Waals surface area contributed by atoms with E-state index in [1.807, 2.05) is 65.7 Å². The van der Waals surface area contributed by atoms with Crippen LogP contribution in [0.15, 0.2) is 85.3 Å². The summed E-state index contributed by atoms with van der Waals surface area (Å²) in [6.07, 6.45) is 3.43. The Morgan fingerprint density at radius 1 is 0.949 bits per heavy atom. The molecule has 1 aliphatic heterocycles. The molecule has 1 amide bonds. The highest BCUT2D eigenvalue weighted by Crippen LogP contribution is 2.28. The van der Waals surface area contributed by atoms with Gasteiger partial charge in [-0.3, -0.25) is 4.79 Å². The fourth-order valence-electron chi connectivity index (χ4n) is 4.71. The van der Waals surface area contributed by atoms with Gasteiger partial charge in [0.2, 0.25) is 5.91 Å². The van der Waals surface area contributed by atoms with Crippen molar-refractivity contribution < 1.29 is 9.53 Å². The zero-order valence-electron chi connectivity index (χ0n) is 22.5. The molecule has 0 radical (unpaired) electrons. The van der Waals surface area contributed by atoms with Gasteiger partial charge in [-0.05, 0) is 29.3 Å². The van der Waals surface area contributed by atoms with E-state index >= 15 is 0 Å². The number of amides is 1. The number of hydrogen-bond donors (Lipinski definition) is 1. The monoisotopic (exact) mass is 522 g/mol. The van der Waals surface area contributed by atoms with Crippen LogP contribution in [0.5, 0.6) is 5.75 Å². The lowest BCUT2D eigenvalue weighted by molar-refractivity contribution is -0.129. The minimum atomic E-state index is 0.126. The molecule has 39 heavy (non-hydrogen) atoms. The number of para-hydroxylation sites is 1. The highest BCUT2D eigenvalue weighted by molar-refractivity contribution is 5.73. The molecule has 4 aromatic rings. The number of carbonyl (C=O) groups is 1. The van der Waals surface area contributed by atoms with Gasteiger partial charge in [-0.2, -0.15) is 0 Å². The first kappa shape index (κ1) is 26.2. The number of pyridine rings is 1. The lowest BCUT2D eigenvalue weighted by atomic mass is 10.00. The topological polar surface area (TPSA) is 83.5 Å². The van der Waals surface area contributed by atoms with Crippen LogP contribution in [0.3, 0.4) is 0 Å². The number of hydrogen-bond acceptors (Lipinski definition) is 7. The van der Waals surface area contributed by atoms with Crippen molar-refractivity contribution in [2.24, 2.45) is 0 Å². The minimum absolute atomic E-state index is 0.126. The van der Waals surface area contributed by atoms with E-state index in [1.54, 1.807) is 13.3 Å². The van der Waals surface area contributed by atoms with Gasteiger partial charge in [0, 0.05) is 63.4 Å². The van der Waals surface area contributed by atoms with Crippen molar-refractivity contribution in [1.29, 1.82) is 0 Å². The van der Waals surface area contributed by atoms with Gasteiger partial charge in [0.15, 0.2) is 0 Å². The standard InChI is InChI=1S/C31H34N6O2/c1-23(27-10-6-7-11-29(27)39-21-25-8-4-3-5-9-25)19-32-30-18-28(34-22-35-30)26-12-13-31(33-20-26)37-16-14-36(15-17-37)24(2)38/h3-13,18,20,22-23H,14-17,19,21H2,1-2H3,(H,32,34,35). The Morgan fingerprint density at radius 3 is 2.46 bits per heavy atom. The molecule has 1 atom stereocenters. The molecular weight excluding hydrogens is 488 g/mol. The van der Waals surface area contributed by atoms with Gasteiger partial charge in [-0.15, -0.1) is 0 Å². The van der Waals surface area contributed by atoms with Gasteiger partial charge in [-0.1, -0.05) is 55.5 Å². The van der Waals surface area contributed by atoms with Crippen LogP contribution < -0.4 is 15.0 Å². The summed E-state index contributed by atoms with van der Waals surface area (Å²) in [6, 6.07) is 24.4. The van der Waals surface area contributed by atoms with E-state index in [1.165, 1.54) is 0 Å². The zero-order valence-corrected chi connectivity index (χ0v) is 22.5. The molecule has 2 aromatic heterocycles. The van der Waals surface area contributed by atoms with Gasteiger partial charge in [0.25, 0.3) is 0 Å². The molecular formula is C31H34N6O2. The van der Waals surface area contributed by atoms with Crippen LogP contribution in [0.1, 0.15) is 30.9 Å². The second-order valence-electron chi connectivity index (χ2n) is 9.78. The minimum Gasteiger partial charge on any atom is -0.489 e. The van der Waals surface area contributed by atoms with Crippen molar-refractivity contribution in [2.45, 2.75) is 26.4 Å². The van der Waals surface area contributed by atoms with Crippen LogP contribution in [0, 0.1) is 0 Å². The molecule has 1 aliphatic rings. The summed E-state index contributed by atoms with van der Waals surface area (Å²) in [4.78, 5) is 29.2. The average Bonchev–Trinajstić information content (AvgIpc) is 3.00. The first-order chi connectivity index (χ1) is 19.1. The largest absolute Gasteiger partial charge is 0.489 e. The SMILES string of the molecule is CC(=O)N1CCN(c2ccc(-c3cc(NCC(C)c4ccccc4OCc4ccccc4)ncn3)cn2)CC1. The molecule has 8 nitrogen and oxygen atoms in total. The Kier molecular flexibility index (Phi) is 8.31. The summed E-state index contributed by atoms with van der Waals surface area (Å²) < 4.78 is 6.16. The van der Waals surface area contributed by atoms with E-state index in [4.69, 9.17) is 4.74 Å². The molecule has 5 rings (SSSR count). The number of ether oxygens (including phenoxy) is 1. The van der Waals surface area contributed by atoms with Gasteiger partial charge >= 0.3 is 0 Å². The summed E-state index contributed by atoms with van der Waals surface area (Å²) in [6.45, 7) is 8.05. The Bertz CT molecular complexity index is 1370. The van der Waals surface area contributed by atoms with E-state index < -0.39 is 0 Å². The van der Waals surface area contributed by atoms with Crippen molar-refractivity contribution in [3.8, 4) is 17.0 Å². The first-order valence-electron chi connectivity index (χ1n) is 13.4. The smallest absolute Gasteiger partial charge is 0.219 e. The van der Waals surface area contributed by atoms with Crippen LogP contribution >= 0.6 is 0 Å². The molecule has 2 aromatic carbocycles. The van der Waals surface area contributed by atoms with Crippen molar-refractivity contribution in [3.63, 3.8) is 0 Å². The van der Waals surface area contributed by atoms with Crippen LogP contribution in [0.25, 0.3) is 11.3 Å². The molecule has 0 bridgehead atoms. The number of benzene rings is 2. The summed E-state index contributed by atoms with van der Waals surface area (Å²) in [7, 11) is 0.